The lowest BCUT2D eigenvalue weighted by Gasteiger charge is -2.15. The van der Waals surface area contributed by atoms with Crippen molar-refractivity contribution in [3.8, 4) is 11.5 Å². The Morgan fingerprint density at radius 1 is 1.24 bits per heavy atom. The van der Waals surface area contributed by atoms with Crippen molar-refractivity contribution in [3.05, 3.63) is 40.8 Å². The molecule has 4 heteroatoms. The first kappa shape index (κ1) is 15.3. The Balaban J connectivity index is 2.64. The molecular formula is C17H21NO3. The lowest BCUT2D eigenvalue weighted by Crippen LogP contribution is -2.17. The Kier molecular flexibility index (Phi) is 3.90. The summed E-state index contributed by atoms with van der Waals surface area (Å²) in [6, 6.07) is 6.06. The van der Waals surface area contributed by atoms with Crippen molar-refractivity contribution < 1.29 is 13.9 Å². The molecule has 2 rings (SSSR count). The van der Waals surface area contributed by atoms with Gasteiger partial charge in [0.1, 0.15) is 5.69 Å². The molecule has 0 aliphatic rings. The second-order valence-electron chi connectivity index (χ2n) is 6.26. The third-order valence-corrected chi connectivity index (χ3v) is 3.33. The summed E-state index contributed by atoms with van der Waals surface area (Å²) >= 11 is 0. The van der Waals surface area contributed by atoms with Crippen LogP contribution in [0.1, 0.15) is 48.1 Å². The molecule has 1 aromatic heterocycles. The first-order valence-corrected chi connectivity index (χ1v) is 6.91. The van der Waals surface area contributed by atoms with Gasteiger partial charge in [-0.25, -0.2) is 9.78 Å². The molecule has 0 aliphatic carbocycles. The van der Waals surface area contributed by atoms with Gasteiger partial charge in [0, 0.05) is 11.0 Å². The number of carbonyl (C=O) groups excluding carboxylic acids is 1. The Morgan fingerprint density at radius 2 is 1.90 bits per heavy atom. The van der Waals surface area contributed by atoms with Crippen molar-refractivity contribution >= 4 is 5.97 Å². The average Bonchev–Trinajstić information content (AvgIpc) is 2.85. The van der Waals surface area contributed by atoms with E-state index in [9.17, 15) is 4.79 Å². The number of carbonyl (C=O) groups is 1. The van der Waals surface area contributed by atoms with Crippen molar-refractivity contribution in [2.24, 2.45) is 0 Å². The van der Waals surface area contributed by atoms with Gasteiger partial charge in [0.15, 0.2) is 0 Å². The van der Waals surface area contributed by atoms with Crippen LogP contribution in [0, 0.1) is 13.8 Å². The van der Waals surface area contributed by atoms with Gasteiger partial charge in [0.2, 0.25) is 11.7 Å². The maximum Gasteiger partial charge on any atom is 0.376 e. The van der Waals surface area contributed by atoms with E-state index in [2.05, 4.69) is 4.98 Å². The normalized spacial score (nSPS) is 11.5. The number of hydrogen-bond acceptors (Lipinski definition) is 4. The molecule has 0 amide bonds. The second-order valence-corrected chi connectivity index (χ2v) is 6.26. The Labute approximate surface area is 125 Å². The van der Waals surface area contributed by atoms with Gasteiger partial charge in [-0.3, -0.25) is 0 Å². The molecule has 0 saturated carbocycles. The van der Waals surface area contributed by atoms with Crippen LogP contribution in [0.5, 0.6) is 0 Å². The molecule has 0 fully saturated rings. The molecule has 0 bridgehead atoms. The third kappa shape index (κ3) is 2.99. The van der Waals surface area contributed by atoms with Gasteiger partial charge in [0.25, 0.3) is 0 Å². The van der Waals surface area contributed by atoms with Crippen LogP contribution < -0.4 is 0 Å². The summed E-state index contributed by atoms with van der Waals surface area (Å²) in [7, 11) is 1.34. The maximum atomic E-state index is 11.9. The second kappa shape index (κ2) is 5.35. The smallest absolute Gasteiger partial charge is 0.376 e. The van der Waals surface area contributed by atoms with E-state index in [-0.39, 0.29) is 11.2 Å². The van der Waals surface area contributed by atoms with Crippen LogP contribution in [0.4, 0.5) is 0 Å². The first-order chi connectivity index (χ1) is 9.74. The number of aryl methyl sites for hydroxylation is 2. The summed E-state index contributed by atoms with van der Waals surface area (Å²) in [5.74, 6) is 0.145. The largest absolute Gasteiger partial charge is 0.463 e. The number of ether oxygens (including phenoxy) is 1. The minimum Gasteiger partial charge on any atom is -0.463 e. The van der Waals surface area contributed by atoms with Crippen LogP contribution >= 0.6 is 0 Å². The number of nitrogens with zero attached hydrogens (tertiary/aromatic N) is 1. The number of oxazole rings is 1. The lowest BCUT2D eigenvalue weighted by molar-refractivity contribution is 0.0562. The molecule has 112 valence electrons. The van der Waals surface area contributed by atoms with E-state index in [1.807, 2.05) is 52.8 Å². The van der Waals surface area contributed by atoms with Gasteiger partial charge in [-0.05, 0) is 25.5 Å². The zero-order chi connectivity index (χ0) is 15.8. The highest BCUT2D eigenvalue weighted by atomic mass is 16.5. The van der Waals surface area contributed by atoms with E-state index in [4.69, 9.17) is 9.15 Å². The Bertz CT molecular complexity index is 678. The molecule has 0 N–H and O–H groups in total. The lowest BCUT2D eigenvalue weighted by atomic mass is 9.91. The number of aromatic nitrogens is 1. The van der Waals surface area contributed by atoms with Crippen molar-refractivity contribution in [1.29, 1.82) is 0 Å². The van der Waals surface area contributed by atoms with Gasteiger partial charge < -0.3 is 9.15 Å². The van der Waals surface area contributed by atoms with Gasteiger partial charge in [0.05, 0.1) is 7.11 Å². The van der Waals surface area contributed by atoms with E-state index in [1.54, 1.807) is 0 Å². The Morgan fingerprint density at radius 3 is 2.48 bits per heavy atom. The molecular weight excluding hydrogens is 266 g/mol. The summed E-state index contributed by atoms with van der Waals surface area (Å²) in [6.45, 7) is 9.98. The van der Waals surface area contributed by atoms with E-state index in [0.717, 1.165) is 16.7 Å². The summed E-state index contributed by atoms with van der Waals surface area (Å²) in [4.78, 5) is 16.5. The highest BCUT2D eigenvalue weighted by molar-refractivity contribution is 5.88. The van der Waals surface area contributed by atoms with Crippen molar-refractivity contribution in [2.45, 2.75) is 40.0 Å². The number of benzene rings is 1. The van der Waals surface area contributed by atoms with E-state index >= 15 is 0 Å². The molecule has 21 heavy (non-hydrogen) atoms. The predicted octanol–water partition coefficient (Wildman–Crippen LogP) is 4.04. The molecule has 0 unspecified atom stereocenters. The SMILES string of the molecule is COC(=O)c1oc(-c2cc(C)ccc2C)nc1C(C)(C)C. The molecule has 4 nitrogen and oxygen atoms in total. The van der Waals surface area contributed by atoms with Gasteiger partial charge in [-0.2, -0.15) is 0 Å². The topological polar surface area (TPSA) is 52.3 Å². The summed E-state index contributed by atoms with van der Waals surface area (Å²) in [5.41, 5.74) is 3.38. The molecule has 2 aromatic rings. The maximum absolute atomic E-state index is 11.9. The number of methoxy groups -OCH3 is 1. The molecule has 1 aromatic carbocycles. The molecule has 0 spiro atoms. The fourth-order valence-electron chi connectivity index (χ4n) is 2.14. The monoisotopic (exact) mass is 287 g/mol. The minimum absolute atomic E-state index is 0.181. The van der Waals surface area contributed by atoms with Gasteiger partial charge >= 0.3 is 5.97 Å². The third-order valence-electron chi connectivity index (χ3n) is 3.33. The van der Waals surface area contributed by atoms with Crippen molar-refractivity contribution in [1.82, 2.24) is 4.98 Å². The summed E-state index contributed by atoms with van der Waals surface area (Å²) < 4.78 is 10.5. The van der Waals surface area contributed by atoms with Crippen LogP contribution in [0.3, 0.4) is 0 Å². The summed E-state index contributed by atoms with van der Waals surface area (Å²) in [6.07, 6.45) is 0. The van der Waals surface area contributed by atoms with Crippen LogP contribution in [0.25, 0.3) is 11.5 Å². The number of rotatable bonds is 2. The van der Waals surface area contributed by atoms with E-state index < -0.39 is 5.97 Å². The quantitative estimate of drug-likeness (QED) is 0.782. The van der Waals surface area contributed by atoms with Crippen LogP contribution in [-0.4, -0.2) is 18.1 Å². The zero-order valence-electron chi connectivity index (χ0n) is 13.4. The fourth-order valence-corrected chi connectivity index (χ4v) is 2.14. The molecule has 0 radical (unpaired) electrons. The molecule has 0 saturated heterocycles. The first-order valence-electron chi connectivity index (χ1n) is 6.91. The average molecular weight is 287 g/mol. The van der Waals surface area contributed by atoms with Gasteiger partial charge in [-0.1, -0.05) is 38.5 Å². The fraction of sp³-hybridized carbons (Fsp3) is 0.412. The van der Waals surface area contributed by atoms with Crippen LogP contribution in [0.15, 0.2) is 22.6 Å². The van der Waals surface area contributed by atoms with Crippen LogP contribution in [-0.2, 0) is 10.2 Å². The molecule has 0 atom stereocenters. The number of esters is 1. The number of hydrogen-bond donors (Lipinski definition) is 0. The molecule has 0 aliphatic heterocycles. The summed E-state index contributed by atoms with van der Waals surface area (Å²) in [5, 5.41) is 0. The highest BCUT2D eigenvalue weighted by Gasteiger charge is 2.30. The van der Waals surface area contributed by atoms with E-state index in [0.29, 0.717) is 11.6 Å². The Hall–Kier alpha value is -2.10. The standard InChI is InChI=1S/C17H21NO3/c1-10-7-8-11(2)12(9-10)15-18-14(17(3,4)5)13(21-15)16(19)20-6/h7-9H,1-6H3. The zero-order valence-corrected chi connectivity index (χ0v) is 13.4. The predicted molar refractivity (Wildman–Crippen MR) is 81.5 cm³/mol. The van der Waals surface area contributed by atoms with Crippen molar-refractivity contribution in [3.63, 3.8) is 0 Å². The van der Waals surface area contributed by atoms with Gasteiger partial charge in [-0.15, -0.1) is 0 Å². The minimum atomic E-state index is -0.496. The molecule has 1 heterocycles. The van der Waals surface area contributed by atoms with Crippen LogP contribution in [0.2, 0.25) is 0 Å². The highest BCUT2D eigenvalue weighted by Crippen LogP contribution is 2.32. The van der Waals surface area contributed by atoms with E-state index in [1.165, 1.54) is 7.11 Å². The van der Waals surface area contributed by atoms with Crippen molar-refractivity contribution in [2.75, 3.05) is 7.11 Å².